The van der Waals surface area contributed by atoms with Crippen molar-refractivity contribution in [1.29, 1.82) is 0 Å². The normalized spacial score (nSPS) is 14.9. The molecular formula is C18H23N5O3S. The number of hydrogen-bond acceptors (Lipinski definition) is 6. The molecule has 1 saturated heterocycles. The maximum Gasteiger partial charge on any atom is 0.243 e. The second-order valence-electron chi connectivity index (χ2n) is 6.53. The van der Waals surface area contributed by atoms with Crippen molar-refractivity contribution in [1.82, 2.24) is 14.9 Å². The van der Waals surface area contributed by atoms with Gasteiger partial charge in [0.2, 0.25) is 21.9 Å². The molecule has 0 unspecified atom stereocenters. The Morgan fingerprint density at radius 3 is 2.37 bits per heavy atom. The lowest BCUT2D eigenvalue weighted by atomic mass is 10.2. The molecule has 1 aliphatic rings. The molecule has 0 N–H and O–H groups in total. The molecule has 9 heteroatoms. The molecule has 1 aromatic heterocycles. The molecule has 27 heavy (non-hydrogen) atoms. The quantitative estimate of drug-likeness (QED) is 0.755. The van der Waals surface area contributed by atoms with Crippen LogP contribution in [0.25, 0.3) is 0 Å². The van der Waals surface area contributed by atoms with Crippen LogP contribution in [-0.2, 0) is 14.8 Å². The molecule has 1 fully saturated rings. The number of nitrogens with zero attached hydrogens (tertiary/aromatic N) is 5. The highest BCUT2D eigenvalue weighted by molar-refractivity contribution is 7.92. The fourth-order valence-corrected chi connectivity index (χ4v) is 3.86. The van der Waals surface area contributed by atoms with E-state index in [2.05, 4.69) is 9.97 Å². The van der Waals surface area contributed by atoms with E-state index < -0.39 is 10.0 Å². The van der Waals surface area contributed by atoms with Crippen LogP contribution in [0.4, 0.5) is 11.6 Å². The Morgan fingerprint density at radius 2 is 1.78 bits per heavy atom. The van der Waals surface area contributed by atoms with E-state index in [9.17, 15) is 13.2 Å². The van der Waals surface area contributed by atoms with Gasteiger partial charge < -0.3 is 9.80 Å². The van der Waals surface area contributed by atoms with E-state index in [0.29, 0.717) is 37.8 Å². The summed E-state index contributed by atoms with van der Waals surface area (Å²) in [6.07, 6.45) is 4.49. The van der Waals surface area contributed by atoms with Crippen LogP contribution in [0.15, 0.2) is 42.7 Å². The van der Waals surface area contributed by atoms with E-state index in [0.717, 1.165) is 16.1 Å². The lowest BCUT2D eigenvalue weighted by molar-refractivity contribution is -0.129. The lowest BCUT2D eigenvalue weighted by Gasteiger charge is -2.35. The third-order valence-electron chi connectivity index (χ3n) is 4.44. The van der Waals surface area contributed by atoms with Gasteiger partial charge in [0, 0.05) is 38.6 Å². The van der Waals surface area contributed by atoms with E-state index in [-0.39, 0.29) is 12.5 Å². The third-order valence-corrected chi connectivity index (χ3v) is 5.58. The molecular weight excluding hydrogens is 366 g/mol. The summed E-state index contributed by atoms with van der Waals surface area (Å²) in [4.78, 5) is 24.9. The summed E-state index contributed by atoms with van der Waals surface area (Å²) >= 11 is 0. The molecule has 8 nitrogen and oxygen atoms in total. The largest absolute Gasteiger partial charge is 0.338 e. The van der Waals surface area contributed by atoms with Gasteiger partial charge in [-0.05, 0) is 30.7 Å². The molecule has 1 aliphatic heterocycles. The van der Waals surface area contributed by atoms with Crippen LogP contribution in [0.5, 0.6) is 0 Å². The molecule has 1 aromatic carbocycles. The van der Waals surface area contributed by atoms with E-state index in [1.54, 1.807) is 41.6 Å². The first-order valence-electron chi connectivity index (χ1n) is 8.69. The number of hydrogen-bond donors (Lipinski definition) is 0. The zero-order valence-electron chi connectivity index (χ0n) is 15.4. The first kappa shape index (κ1) is 19.1. The second kappa shape index (κ2) is 7.91. The standard InChI is InChI=1S/C18H23N5O3S/c1-15-5-3-6-16(13-15)23(27(2,25)26)14-17(24)21-9-11-22(12-10-21)18-19-7-4-8-20-18/h3-8,13H,9-12,14H2,1-2H3. The number of carbonyl (C=O) groups is 1. The first-order valence-corrected chi connectivity index (χ1v) is 10.5. The average Bonchev–Trinajstić information content (AvgIpc) is 2.66. The van der Waals surface area contributed by atoms with Gasteiger partial charge in [0.1, 0.15) is 6.54 Å². The molecule has 0 aliphatic carbocycles. The van der Waals surface area contributed by atoms with E-state index >= 15 is 0 Å². The molecule has 0 atom stereocenters. The van der Waals surface area contributed by atoms with Crippen molar-refractivity contribution in [2.45, 2.75) is 6.92 Å². The van der Waals surface area contributed by atoms with Crippen molar-refractivity contribution in [3.05, 3.63) is 48.3 Å². The zero-order valence-corrected chi connectivity index (χ0v) is 16.3. The van der Waals surface area contributed by atoms with Crippen LogP contribution in [0.2, 0.25) is 0 Å². The van der Waals surface area contributed by atoms with Gasteiger partial charge in [-0.3, -0.25) is 9.10 Å². The number of rotatable bonds is 5. The fraction of sp³-hybridized carbons (Fsp3) is 0.389. The smallest absolute Gasteiger partial charge is 0.243 e. The third kappa shape index (κ3) is 4.73. The molecule has 0 saturated carbocycles. The van der Waals surface area contributed by atoms with E-state index in [4.69, 9.17) is 0 Å². The predicted molar refractivity (Wildman–Crippen MR) is 104 cm³/mol. The number of anilines is 2. The van der Waals surface area contributed by atoms with Crippen LogP contribution >= 0.6 is 0 Å². The molecule has 2 aromatic rings. The Morgan fingerprint density at radius 1 is 1.11 bits per heavy atom. The van der Waals surface area contributed by atoms with Crippen LogP contribution < -0.4 is 9.21 Å². The number of carbonyl (C=O) groups excluding carboxylic acids is 1. The van der Waals surface area contributed by atoms with Gasteiger partial charge in [-0.15, -0.1) is 0 Å². The topological polar surface area (TPSA) is 86.7 Å². The number of amides is 1. The molecule has 144 valence electrons. The van der Waals surface area contributed by atoms with Crippen LogP contribution in [0, 0.1) is 6.92 Å². The monoisotopic (exact) mass is 389 g/mol. The van der Waals surface area contributed by atoms with Crippen molar-refractivity contribution in [2.75, 3.05) is 48.2 Å². The first-order chi connectivity index (χ1) is 12.8. The Balaban J connectivity index is 1.67. The van der Waals surface area contributed by atoms with Gasteiger partial charge in [-0.2, -0.15) is 0 Å². The van der Waals surface area contributed by atoms with E-state index in [1.165, 1.54) is 0 Å². The Kier molecular flexibility index (Phi) is 5.59. The minimum atomic E-state index is -3.57. The molecule has 0 spiro atoms. The minimum absolute atomic E-state index is 0.204. The Labute approximate surface area is 159 Å². The highest BCUT2D eigenvalue weighted by atomic mass is 32.2. The maximum absolute atomic E-state index is 12.7. The Hall–Kier alpha value is -2.68. The van der Waals surface area contributed by atoms with Crippen molar-refractivity contribution >= 4 is 27.6 Å². The molecule has 2 heterocycles. The van der Waals surface area contributed by atoms with Crippen molar-refractivity contribution in [3.63, 3.8) is 0 Å². The second-order valence-corrected chi connectivity index (χ2v) is 8.43. The predicted octanol–water partition coefficient (Wildman–Crippen LogP) is 0.900. The van der Waals surface area contributed by atoms with Gasteiger partial charge in [0.05, 0.1) is 11.9 Å². The lowest BCUT2D eigenvalue weighted by Crippen LogP contribution is -2.52. The van der Waals surface area contributed by atoms with Crippen molar-refractivity contribution < 1.29 is 13.2 Å². The summed E-state index contributed by atoms with van der Waals surface area (Å²) in [7, 11) is -3.57. The van der Waals surface area contributed by atoms with Gasteiger partial charge in [-0.1, -0.05) is 12.1 Å². The summed E-state index contributed by atoms with van der Waals surface area (Å²) in [6.45, 7) is 3.91. The van der Waals surface area contributed by atoms with Crippen molar-refractivity contribution in [2.24, 2.45) is 0 Å². The SMILES string of the molecule is Cc1cccc(N(CC(=O)N2CCN(c3ncccn3)CC2)S(C)(=O)=O)c1. The molecule has 0 bridgehead atoms. The van der Waals surface area contributed by atoms with Crippen LogP contribution in [-0.4, -0.2) is 68.2 Å². The number of piperazine rings is 1. The summed E-state index contributed by atoms with van der Waals surface area (Å²) in [5.74, 6) is 0.428. The molecule has 0 radical (unpaired) electrons. The van der Waals surface area contributed by atoms with Gasteiger partial charge >= 0.3 is 0 Å². The average molecular weight is 389 g/mol. The number of aryl methyl sites for hydroxylation is 1. The van der Waals surface area contributed by atoms with Gasteiger partial charge in [0.15, 0.2) is 0 Å². The van der Waals surface area contributed by atoms with Gasteiger partial charge in [-0.25, -0.2) is 18.4 Å². The maximum atomic E-state index is 12.7. The minimum Gasteiger partial charge on any atom is -0.338 e. The fourth-order valence-electron chi connectivity index (χ4n) is 3.02. The van der Waals surface area contributed by atoms with Crippen LogP contribution in [0.3, 0.4) is 0 Å². The zero-order chi connectivity index (χ0) is 19.4. The van der Waals surface area contributed by atoms with Gasteiger partial charge in [0.25, 0.3) is 0 Å². The highest BCUT2D eigenvalue weighted by Gasteiger charge is 2.27. The van der Waals surface area contributed by atoms with E-state index in [1.807, 2.05) is 17.9 Å². The summed E-state index contributed by atoms with van der Waals surface area (Å²) in [5.41, 5.74) is 1.44. The summed E-state index contributed by atoms with van der Waals surface area (Å²) in [6, 6.07) is 8.89. The number of benzene rings is 1. The van der Waals surface area contributed by atoms with Crippen LogP contribution in [0.1, 0.15) is 5.56 Å². The summed E-state index contributed by atoms with van der Waals surface area (Å²) in [5, 5.41) is 0. The number of sulfonamides is 1. The Bertz CT molecular complexity index is 896. The molecule has 1 amide bonds. The highest BCUT2D eigenvalue weighted by Crippen LogP contribution is 2.19. The number of aromatic nitrogens is 2. The molecule has 3 rings (SSSR count). The van der Waals surface area contributed by atoms with Crippen molar-refractivity contribution in [3.8, 4) is 0 Å². The summed E-state index contributed by atoms with van der Waals surface area (Å²) < 4.78 is 25.6.